The summed E-state index contributed by atoms with van der Waals surface area (Å²) in [7, 11) is 0. The largest absolute Gasteiger partial charge is 0.459 e. The normalized spacial score (nSPS) is 14.6. The maximum absolute atomic E-state index is 12.5. The first-order valence-corrected chi connectivity index (χ1v) is 9.34. The van der Waals surface area contributed by atoms with Crippen LogP contribution < -0.4 is 0 Å². The molecular weight excluding hydrogens is 336 g/mol. The van der Waals surface area contributed by atoms with Crippen LogP contribution in [0.3, 0.4) is 0 Å². The summed E-state index contributed by atoms with van der Waals surface area (Å²) >= 11 is 1.58. The van der Waals surface area contributed by atoms with Gasteiger partial charge in [0.05, 0.1) is 12.0 Å². The second-order valence-corrected chi connectivity index (χ2v) is 7.23. The molecule has 0 radical (unpaired) electrons. The van der Waals surface area contributed by atoms with E-state index in [1.54, 1.807) is 28.8 Å². The van der Waals surface area contributed by atoms with E-state index in [9.17, 15) is 9.59 Å². The Morgan fingerprint density at radius 2 is 1.80 bits per heavy atom. The van der Waals surface area contributed by atoms with Gasteiger partial charge in [0.2, 0.25) is 5.91 Å². The molecule has 2 amide bonds. The average Bonchev–Trinajstić information content (AvgIpc) is 3.16. The summed E-state index contributed by atoms with van der Waals surface area (Å²) in [6.07, 6.45) is 1.50. The van der Waals surface area contributed by atoms with Gasteiger partial charge in [-0.1, -0.05) is 17.7 Å². The van der Waals surface area contributed by atoms with Crippen LogP contribution in [0.4, 0.5) is 0 Å². The number of aryl methyl sites for hydroxylation is 2. The number of carbonyl (C=O) groups excluding carboxylic acids is 2. The fourth-order valence-electron chi connectivity index (χ4n) is 2.81. The first-order chi connectivity index (χ1) is 12.0. The smallest absolute Gasteiger partial charge is 0.289 e. The minimum atomic E-state index is -0.109. The topological polar surface area (TPSA) is 53.8 Å². The molecule has 3 rings (SSSR count). The molecule has 0 saturated carbocycles. The molecule has 2 aromatic rings. The van der Waals surface area contributed by atoms with Crippen molar-refractivity contribution in [3.8, 4) is 0 Å². The molecule has 0 atom stereocenters. The zero-order valence-electron chi connectivity index (χ0n) is 14.5. The molecule has 6 heteroatoms. The number of hydrogen-bond donors (Lipinski definition) is 0. The molecule has 132 valence electrons. The number of nitrogens with zero attached hydrogens (tertiary/aromatic N) is 2. The van der Waals surface area contributed by atoms with E-state index in [4.69, 9.17) is 4.42 Å². The van der Waals surface area contributed by atoms with Crippen LogP contribution in [0.25, 0.3) is 0 Å². The van der Waals surface area contributed by atoms with Gasteiger partial charge in [-0.25, -0.2) is 0 Å². The predicted octanol–water partition coefficient (Wildman–Crippen LogP) is 2.97. The number of carbonyl (C=O) groups is 2. The maximum Gasteiger partial charge on any atom is 0.289 e. The third-order valence-electron chi connectivity index (χ3n) is 4.35. The van der Waals surface area contributed by atoms with Crippen LogP contribution in [0.5, 0.6) is 0 Å². The van der Waals surface area contributed by atoms with E-state index in [0.717, 1.165) is 4.90 Å². The summed E-state index contributed by atoms with van der Waals surface area (Å²) in [6.45, 7) is 6.34. The van der Waals surface area contributed by atoms with Crippen molar-refractivity contribution in [2.24, 2.45) is 0 Å². The molecule has 1 saturated heterocycles. The number of thioether (sulfide) groups is 1. The Labute approximate surface area is 152 Å². The van der Waals surface area contributed by atoms with Crippen LogP contribution >= 0.6 is 11.8 Å². The van der Waals surface area contributed by atoms with Gasteiger partial charge in [0, 0.05) is 31.1 Å². The minimum Gasteiger partial charge on any atom is -0.459 e. The highest BCUT2D eigenvalue weighted by atomic mass is 32.2. The maximum atomic E-state index is 12.5. The Kier molecular flexibility index (Phi) is 5.48. The molecule has 1 aromatic heterocycles. The van der Waals surface area contributed by atoms with Crippen LogP contribution in [0.2, 0.25) is 0 Å². The molecule has 0 aliphatic carbocycles. The summed E-state index contributed by atoms with van der Waals surface area (Å²) in [5, 5.41) is 0. The van der Waals surface area contributed by atoms with Crippen molar-refractivity contribution in [1.82, 2.24) is 9.80 Å². The Bertz CT molecular complexity index is 750. The van der Waals surface area contributed by atoms with Crippen molar-refractivity contribution in [2.75, 3.05) is 31.9 Å². The zero-order valence-corrected chi connectivity index (χ0v) is 15.3. The fourth-order valence-corrected chi connectivity index (χ4v) is 3.84. The van der Waals surface area contributed by atoms with Crippen LogP contribution in [0, 0.1) is 13.8 Å². The van der Waals surface area contributed by atoms with Crippen molar-refractivity contribution in [1.29, 1.82) is 0 Å². The quantitative estimate of drug-likeness (QED) is 0.789. The highest BCUT2D eigenvalue weighted by Crippen LogP contribution is 2.24. The molecule has 25 heavy (non-hydrogen) atoms. The SMILES string of the molecule is Cc1ccc(C)c(SCC(=O)N2CCN(C(=O)c3ccco3)CC2)c1. The average molecular weight is 358 g/mol. The molecule has 1 fully saturated rings. The molecule has 1 aliphatic rings. The molecule has 0 unspecified atom stereocenters. The lowest BCUT2D eigenvalue weighted by atomic mass is 10.2. The zero-order chi connectivity index (χ0) is 17.8. The lowest BCUT2D eigenvalue weighted by Gasteiger charge is -2.34. The van der Waals surface area contributed by atoms with Crippen molar-refractivity contribution in [2.45, 2.75) is 18.7 Å². The van der Waals surface area contributed by atoms with E-state index in [0.29, 0.717) is 37.7 Å². The standard InChI is InChI=1S/C19H22N2O3S/c1-14-5-6-15(2)17(12-14)25-13-18(22)20-7-9-21(10-8-20)19(23)16-4-3-11-24-16/h3-6,11-12H,7-10,13H2,1-2H3. The van der Waals surface area contributed by atoms with Crippen molar-refractivity contribution < 1.29 is 14.0 Å². The molecule has 1 aliphatic heterocycles. The van der Waals surface area contributed by atoms with E-state index < -0.39 is 0 Å². The lowest BCUT2D eigenvalue weighted by Crippen LogP contribution is -2.51. The van der Waals surface area contributed by atoms with Gasteiger partial charge >= 0.3 is 0 Å². The van der Waals surface area contributed by atoms with Gasteiger partial charge in [-0.3, -0.25) is 9.59 Å². The summed E-state index contributed by atoms with van der Waals surface area (Å²) in [6, 6.07) is 9.66. The van der Waals surface area contributed by atoms with Crippen molar-refractivity contribution in [3.63, 3.8) is 0 Å². The number of furan rings is 1. The highest BCUT2D eigenvalue weighted by Gasteiger charge is 2.25. The van der Waals surface area contributed by atoms with Gasteiger partial charge in [0.25, 0.3) is 5.91 Å². The predicted molar refractivity (Wildman–Crippen MR) is 97.8 cm³/mol. The number of piperazine rings is 1. The van der Waals surface area contributed by atoms with Gasteiger partial charge in [0.1, 0.15) is 0 Å². The number of benzene rings is 1. The van der Waals surface area contributed by atoms with E-state index in [1.165, 1.54) is 17.4 Å². The Morgan fingerprint density at radius 1 is 1.08 bits per heavy atom. The van der Waals surface area contributed by atoms with Gasteiger partial charge in [-0.05, 0) is 37.6 Å². The Morgan fingerprint density at radius 3 is 2.48 bits per heavy atom. The van der Waals surface area contributed by atoms with Crippen LogP contribution in [-0.2, 0) is 4.79 Å². The van der Waals surface area contributed by atoms with Crippen LogP contribution in [-0.4, -0.2) is 53.5 Å². The number of hydrogen-bond acceptors (Lipinski definition) is 4. The lowest BCUT2D eigenvalue weighted by molar-refractivity contribution is -0.129. The van der Waals surface area contributed by atoms with Crippen LogP contribution in [0.15, 0.2) is 45.9 Å². The third kappa shape index (κ3) is 4.25. The second-order valence-electron chi connectivity index (χ2n) is 6.21. The monoisotopic (exact) mass is 358 g/mol. The first-order valence-electron chi connectivity index (χ1n) is 8.35. The summed E-state index contributed by atoms with van der Waals surface area (Å²) in [5.74, 6) is 0.791. The van der Waals surface area contributed by atoms with Gasteiger partial charge in [-0.2, -0.15) is 0 Å². The van der Waals surface area contributed by atoms with E-state index in [-0.39, 0.29) is 11.8 Å². The van der Waals surface area contributed by atoms with E-state index >= 15 is 0 Å². The Balaban J connectivity index is 1.50. The fraction of sp³-hybridized carbons (Fsp3) is 0.368. The molecule has 0 bridgehead atoms. The molecule has 5 nitrogen and oxygen atoms in total. The highest BCUT2D eigenvalue weighted by molar-refractivity contribution is 8.00. The van der Waals surface area contributed by atoms with Crippen molar-refractivity contribution >= 4 is 23.6 Å². The summed E-state index contributed by atoms with van der Waals surface area (Å²) in [5.41, 5.74) is 2.39. The van der Waals surface area contributed by atoms with Crippen molar-refractivity contribution in [3.05, 3.63) is 53.5 Å². The number of rotatable bonds is 4. The van der Waals surface area contributed by atoms with Gasteiger partial charge < -0.3 is 14.2 Å². The molecule has 0 N–H and O–H groups in total. The first kappa shape index (κ1) is 17.6. The third-order valence-corrected chi connectivity index (χ3v) is 5.49. The second kappa shape index (κ2) is 7.78. The molecule has 2 heterocycles. The van der Waals surface area contributed by atoms with Gasteiger partial charge in [0.15, 0.2) is 5.76 Å². The van der Waals surface area contributed by atoms with Crippen LogP contribution in [0.1, 0.15) is 21.7 Å². The van der Waals surface area contributed by atoms with E-state index in [2.05, 4.69) is 32.0 Å². The van der Waals surface area contributed by atoms with E-state index in [1.807, 2.05) is 4.90 Å². The number of amides is 2. The Hall–Kier alpha value is -2.21. The molecular formula is C19H22N2O3S. The molecule has 0 spiro atoms. The summed E-state index contributed by atoms with van der Waals surface area (Å²) < 4.78 is 5.16. The minimum absolute atomic E-state index is 0.109. The molecule has 1 aromatic carbocycles. The summed E-state index contributed by atoms with van der Waals surface area (Å²) in [4.78, 5) is 29.4. The van der Waals surface area contributed by atoms with Gasteiger partial charge in [-0.15, -0.1) is 11.8 Å².